The van der Waals surface area contributed by atoms with Gasteiger partial charge in [-0.25, -0.2) is 4.79 Å². The molecular formula is C37H49IN4O6. The first-order chi connectivity index (χ1) is 22.4. The van der Waals surface area contributed by atoms with Gasteiger partial charge in [-0.15, -0.1) is 0 Å². The fraction of sp³-hybridized carbons (Fsp3) is 0.568. The standard InChI is InChI=1S/C37H49IN4O6/c1-33(2,3)48-30(43)23-46-20-10-8-9-19-40-26-12-14-27(15-13-26)41-31(44)36(17-18-36)32(45)42-37(34(4,5)24-35(37,6)7)47-28-16-11-25(22-39)29(38)21-28/h11-16,21,40H,8-10,17-20,23-24H2,1-7H3,(H,41,44)(H,42,45). The van der Waals surface area contributed by atoms with Crippen LogP contribution in [0, 0.1) is 31.1 Å². The lowest BCUT2D eigenvalue weighted by Gasteiger charge is -2.65. The van der Waals surface area contributed by atoms with Gasteiger partial charge < -0.3 is 30.2 Å². The third-order valence-electron chi connectivity index (χ3n) is 9.11. The highest BCUT2D eigenvalue weighted by Crippen LogP contribution is 2.62. The monoisotopic (exact) mass is 772 g/mol. The summed E-state index contributed by atoms with van der Waals surface area (Å²) in [5.74, 6) is -0.452. The predicted molar refractivity (Wildman–Crippen MR) is 193 cm³/mol. The molecule has 2 fully saturated rings. The summed E-state index contributed by atoms with van der Waals surface area (Å²) < 4.78 is 18.0. The number of hydrogen-bond donors (Lipinski definition) is 3. The molecule has 2 saturated carbocycles. The first-order valence-electron chi connectivity index (χ1n) is 16.6. The van der Waals surface area contributed by atoms with Gasteiger partial charge in [-0.05, 0) is 124 Å². The summed E-state index contributed by atoms with van der Waals surface area (Å²) in [7, 11) is 0. The van der Waals surface area contributed by atoms with E-state index in [9.17, 15) is 19.6 Å². The van der Waals surface area contributed by atoms with E-state index in [4.69, 9.17) is 14.2 Å². The van der Waals surface area contributed by atoms with Crippen LogP contribution in [0.4, 0.5) is 11.4 Å². The molecular weight excluding hydrogens is 723 g/mol. The van der Waals surface area contributed by atoms with Gasteiger partial charge in [-0.2, -0.15) is 5.26 Å². The van der Waals surface area contributed by atoms with Crippen molar-refractivity contribution >= 4 is 51.7 Å². The number of amides is 2. The number of anilines is 2. The minimum absolute atomic E-state index is 0.0326. The zero-order valence-electron chi connectivity index (χ0n) is 29.2. The largest absolute Gasteiger partial charge is 0.467 e. The zero-order chi connectivity index (χ0) is 35.4. The van der Waals surface area contributed by atoms with Crippen LogP contribution in [0.3, 0.4) is 0 Å². The van der Waals surface area contributed by atoms with Gasteiger partial charge in [0.05, 0.1) is 5.56 Å². The maximum Gasteiger partial charge on any atom is 0.332 e. The second-order valence-electron chi connectivity index (χ2n) is 15.2. The minimum atomic E-state index is -1.16. The number of nitrogens with one attached hydrogen (secondary N) is 3. The Morgan fingerprint density at radius 1 is 0.917 bits per heavy atom. The molecule has 11 heteroatoms. The summed E-state index contributed by atoms with van der Waals surface area (Å²) in [5, 5.41) is 18.9. The Balaban J connectivity index is 1.27. The lowest BCUT2D eigenvalue weighted by molar-refractivity contribution is -0.247. The first-order valence-corrected chi connectivity index (χ1v) is 17.7. The summed E-state index contributed by atoms with van der Waals surface area (Å²) in [6, 6.07) is 14.9. The van der Waals surface area contributed by atoms with Gasteiger partial charge in [0.1, 0.15) is 29.4 Å². The van der Waals surface area contributed by atoms with Crippen molar-refractivity contribution in [1.29, 1.82) is 5.26 Å². The van der Waals surface area contributed by atoms with Crippen LogP contribution in [-0.4, -0.2) is 48.9 Å². The average molecular weight is 773 g/mol. The summed E-state index contributed by atoms with van der Waals surface area (Å²) in [6.45, 7) is 15.0. The molecule has 2 amide bonds. The highest BCUT2D eigenvalue weighted by Gasteiger charge is 2.71. The Bertz CT molecular complexity index is 1520. The third kappa shape index (κ3) is 8.61. The van der Waals surface area contributed by atoms with Gasteiger partial charge in [0.25, 0.3) is 0 Å². The fourth-order valence-electron chi connectivity index (χ4n) is 6.78. The van der Waals surface area contributed by atoms with Crippen molar-refractivity contribution in [3.8, 4) is 11.8 Å². The maximum absolute atomic E-state index is 13.9. The summed E-state index contributed by atoms with van der Waals surface area (Å²) >= 11 is 2.11. The van der Waals surface area contributed by atoms with Gasteiger partial charge in [0, 0.05) is 38.9 Å². The number of ether oxygens (including phenoxy) is 3. The van der Waals surface area contributed by atoms with Gasteiger partial charge in [-0.1, -0.05) is 27.7 Å². The topological polar surface area (TPSA) is 139 Å². The Kier molecular flexibility index (Phi) is 11.4. The average Bonchev–Trinajstić information content (AvgIpc) is 3.80. The van der Waals surface area contributed by atoms with Crippen molar-refractivity contribution in [2.45, 2.75) is 98.3 Å². The molecule has 0 spiro atoms. The van der Waals surface area contributed by atoms with E-state index in [1.807, 2.05) is 51.1 Å². The summed E-state index contributed by atoms with van der Waals surface area (Å²) in [6.07, 6.45) is 4.48. The molecule has 260 valence electrons. The van der Waals surface area contributed by atoms with Crippen molar-refractivity contribution < 1.29 is 28.6 Å². The Morgan fingerprint density at radius 2 is 1.56 bits per heavy atom. The van der Waals surface area contributed by atoms with Crippen molar-refractivity contribution in [3.05, 3.63) is 51.6 Å². The van der Waals surface area contributed by atoms with E-state index in [2.05, 4.69) is 72.3 Å². The molecule has 0 aliphatic heterocycles. The molecule has 2 aliphatic carbocycles. The quantitative estimate of drug-likeness (QED) is 0.0570. The minimum Gasteiger partial charge on any atom is -0.467 e. The van der Waals surface area contributed by atoms with E-state index >= 15 is 0 Å². The molecule has 2 aromatic rings. The molecule has 0 heterocycles. The molecule has 48 heavy (non-hydrogen) atoms. The van der Waals surface area contributed by atoms with Crippen molar-refractivity contribution in [2.24, 2.45) is 16.2 Å². The number of hydrogen-bond acceptors (Lipinski definition) is 8. The molecule has 0 saturated heterocycles. The van der Waals surface area contributed by atoms with Crippen LogP contribution in [0.15, 0.2) is 42.5 Å². The van der Waals surface area contributed by atoms with Crippen LogP contribution in [0.5, 0.6) is 5.75 Å². The van der Waals surface area contributed by atoms with Crippen LogP contribution < -0.4 is 20.7 Å². The second kappa shape index (κ2) is 14.6. The van der Waals surface area contributed by atoms with Crippen LogP contribution in [0.2, 0.25) is 0 Å². The number of nitriles is 1. The highest BCUT2D eigenvalue weighted by molar-refractivity contribution is 14.1. The fourth-order valence-corrected chi connectivity index (χ4v) is 7.39. The van der Waals surface area contributed by atoms with Crippen LogP contribution in [0.25, 0.3) is 0 Å². The van der Waals surface area contributed by atoms with Crippen LogP contribution >= 0.6 is 22.6 Å². The molecule has 0 bridgehead atoms. The molecule has 0 atom stereocenters. The number of unbranched alkanes of at least 4 members (excludes halogenated alkanes) is 2. The van der Waals surface area contributed by atoms with Crippen LogP contribution in [-0.2, 0) is 23.9 Å². The van der Waals surface area contributed by atoms with E-state index in [-0.39, 0.29) is 24.4 Å². The SMILES string of the molecule is CC(C)(C)OC(=O)COCCCCCNc1ccc(NC(=O)C2(C(=O)NC3(Oc4ccc(C#N)c(I)c4)C(C)(C)CC3(C)C)CC2)cc1. The third-order valence-corrected chi connectivity index (χ3v) is 10.0. The molecule has 2 aliphatic rings. The van der Waals surface area contributed by atoms with Crippen molar-refractivity contribution in [3.63, 3.8) is 0 Å². The first kappa shape index (κ1) is 37.4. The zero-order valence-corrected chi connectivity index (χ0v) is 31.3. The van der Waals surface area contributed by atoms with E-state index in [0.717, 1.165) is 41.5 Å². The molecule has 3 N–H and O–H groups in total. The molecule has 2 aromatic carbocycles. The number of esters is 1. The Labute approximate surface area is 298 Å². The van der Waals surface area contributed by atoms with E-state index in [1.165, 1.54) is 0 Å². The molecule has 0 aromatic heterocycles. The summed E-state index contributed by atoms with van der Waals surface area (Å²) in [4.78, 5) is 39.2. The summed E-state index contributed by atoms with van der Waals surface area (Å²) in [5.41, 5.74) is -1.43. The number of benzene rings is 2. The van der Waals surface area contributed by atoms with E-state index in [1.54, 1.807) is 12.1 Å². The molecule has 0 radical (unpaired) electrons. The van der Waals surface area contributed by atoms with E-state index in [0.29, 0.717) is 36.4 Å². The predicted octanol–water partition coefficient (Wildman–Crippen LogP) is 7.17. The van der Waals surface area contributed by atoms with Crippen molar-refractivity contribution in [2.75, 3.05) is 30.4 Å². The van der Waals surface area contributed by atoms with Crippen molar-refractivity contribution in [1.82, 2.24) is 5.32 Å². The number of rotatable bonds is 15. The number of halogens is 1. The van der Waals surface area contributed by atoms with Gasteiger partial charge in [0.15, 0.2) is 5.72 Å². The molecule has 4 rings (SSSR count). The van der Waals surface area contributed by atoms with E-state index < -0.39 is 27.6 Å². The molecule has 10 nitrogen and oxygen atoms in total. The van der Waals surface area contributed by atoms with Gasteiger partial charge in [-0.3, -0.25) is 9.59 Å². The smallest absolute Gasteiger partial charge is 0.332 e. The lowest BCUT2D eigenvalue weighted by Crippen LogP contribution is -2.78. The number of carbonyl (C=O) groups excluding carboxylic acids is 3. The molecule has 0 unspecified atom stereocenters. The normalized spacial score (nSPS) is 18.0. The number of nitrogens with zero attached hydrogens (tertiary/aromatic N) is 1. The highest BCUT2D eigenvalue weighted by atomic mass is 127. The van der Waals surface area contributed by atoms with Gasteiger partial charge >= 0.3 is 5.97 Å². The number of carbonyl (C=O) groups is 3. The Hall–Kier alpha value is -3.37. The van der Waals surface area contributed by atoms with Crippen LogP contribution in [0.1, 0.15) is 92.6 Å². The second-order valence-corrected chi connectivity index (χ2v) is 16.3. The lowest BCUT2D eigenvalue weighted by atomic mass is 9.48. The maximum atomic E-state index is 13.9. The Morgan fingerprint density at radius 3 is 2.12 bits per heavy atom. The van der Waals surface area contributed by atoms with Gasteiger partial charge in [0.2, 0.25) is 11.8 Å².